The molecule has 0 unspecified atom stereocenters. The largest absolute Gasteiger partial charge is 0.487 e. The smallest absolute Gasteiger partial charge is 0.224 e. The van der Waals surface area contributed by atoms with E-state index in [1.165, 1.54) is 35.9 Å². The molecule has 1 aliphatic heterocycles. The van der Waals surface area contributed by atoms with Crippen LogP contribution in [-0.4, -0.2) is 34.8 Å². The number of aromatic nitrogens is 2. The molecule has 2 heterocycles. The molecular weight excluding hydrogens is 389 g/mol. The maximum atomic E-state index is 14.2. The Hall–Kier alpha value is -2.41. The molecule has 1 amide bonds. The number of halogens is 1. The number of nitrogens with zero attached hydrogens (tertiary/aromatic N) is 2. The second kappa shape index (κ2) is 8.95. The number of hydrogen-bond acceptors (Lipinski definition) is 5. The van der Waals surface area contributed by atoms with Gasteiger partial charge in [0.15, 0.2) is 5.16 Å². The quantitative estimate of drug-likeness (QED) is 0.434. The summed E-state index contributed by atoms with van der Waals surface area (Å²) in [4.78, 5) is 20.9. The summed E-state index contributed by atoms with van der Waals surface area (Å²) >= 11 is 1.43. The lowest BCUT2D eigenvalue weighted by Gasteiger charge is -2.15. The average Bonchev–Trinajstić information content (AvgIpc) is 3.15. The Morgan fingerprint density at radius 3 is 3.07 bits per heavy atom. The molecule has 1 aliphatic carbocycles. The van der Waals surface area contributed by atoms with E-state index < -0.39 is 0 Å². The fraction of sp³-hybridized carbons (Fsp3) is 0.409. The summed E-state index contributed by atoms with van der Waals surface area (Å²) in [5.74, 6) is 0.344. The van der Waals surface area contributed by atoms with Crippen LogP contribution in [0.5, 0.6) is 5.75 Å². The summed E-state index contributed by atoms with van der Waals surface area (Å²) in [5.41, 5.74) is 3.29. The zero-order chi connectivity index (χ0) is 20.2. The molecule has 0 spiro atoms. The molecule has 4 rings (SSSR count). The van der Waals surface area contributed by atoms with Crippen molar-refractivity contribution in [2.75, 3.05) is 12.8 Å². The van der Waals surface area contributed by atoms with Crippen molar-refractivity contribution < 1.29 is 13.9 Å². The zero-order valence-corrected chi connectivity index (χ0v) is 17.2. The van der Waals surface area contributed by atoms with Gasteiger partial charge in [0.2, 0.25) is 5.91 Å². The maximum absolute atomic E-state index is 14.2. The molecule has 1 aromatic heterocycles. The normalized spacial score (nSPS) is 18.0. The van der Waals surface area contributed by atoms with Crippen molar-refractivity contribution in [2.45, 2.75) is 49.8 Å². The van der Waals surface area contributed by atoms with Crippen LogP contribution >= 0.6 is 11.8 Å². The van der Waals surface area contributed by atoms with Crippen LogP contribution in [0.4, 0.5) is 4.39 Å². The van der Waals surface area contributed by atoms with Crippen molar-refractivity contribution in [1.82, 2.24) is 15.3 Å². The van der Waals surface area contributed by atoms with Crippen molar-refractivity contribution in [3.8, 4) is 17.0 Å². The molecule has 152 valence electrons. The van der Waals surface area contributed by atoms with Crippen LogP contribution in [0.3, 0.4) is 0 Å². The molecule has 29 heavy (non-hydrogen) atoms. The van der Waals surface area contributed by atoms with E-state index in [4.69, 9.17) is 4.74 Å². The molecule has 1 N–H and O–H groups in total. The van der Waals surface area contributed by atoms with Crippen LogP contribution in [0, 0.1) is 5.82 Å². The highest BCUT2D eigenvalue weighted by molar-refractivity contribution is 7.98. The minimum Gasteiger partial charge on any atom is -0.487 e. The molecule has 0 bridgehead atoms. The lowest BCUT2D eigenvalue weighted by Crippen LogP contribution is -2.34. The Kier molecular flexibility index (Phi) is 6.13. The van der Waals surface area contributed by atoms with E-state index in [1.54, 1.807) is 12.3 Å². The van der Waals surface area contributed by atoms with Gasteiger partial charge in [-0.05, 0) is 50.1 Å². The highest BCUT2D eigenvalue weighted by Gasteiger charge is 2.28. The van der Waals surface area contributed by atoms with Crippen molar-refractivity contribution >= 4 is 17.7 Å². The molecule has 0 fully saturated rings. The van der Waals surface area contributed by atoms with Crippen LogP contribution in [0.2, 0.25) is 0 Å². The van der Waals surface area contributed by atoms with Gasteiger partial charge in [0, 0.05) is 30.2 Å². The number of fused-ring (bicyclic) bond motifs is 1. The predicted molar refractivity (Wildman–Crippen MR) is 112 cm³/mol. The molecule has 2 aromatic rings. The zero-order valence-electron chi connectivity index (χ0n) is 16.4. The number of benzene rings is 1. The van der Waals surface area contributed by atoms with Gasteiger partial charge in [0.1, 0.15) is 17.7 Å². The van der Waals surface area contributed by atoms with E-state index in [9.17, 15) is 9.18 Å². The summed E-state index contributed by atoms with van der Waals surface area (Å²) in [5, 5.41) is 3.60. The molecular formula is C22H24FN3O2S. The molecule has 0 saturated carbocycles. The van der Waals surface area contributed by atoms with Crippen LogP contribution in [0.15, 0.2) is 41.2 Å². The molecule has 0 radical (unpaired) electrons. The molecule has 2 aliphatic rings. The minimum atomic E-state index is -0.319. The highest BCUT2D eigenvalue weighted by atomic mass is 32.2. The Labute approximate surface area is 174 Å². The topological polar surface area (TPSA) is 64.1 Å². The number of hydrogen-bond donors (Lipinski definition) is 1. The third-order valence-electron chi connectivity index (χ3n) is 5.25. The number of ether oxygens (including phenoxy) is 1. The Bertz CT molecular complexity index is 948. The standard InChI is InChI=1S/C22H24FN3O2S/c1-29-22-24-8-7-19(26-22)18-12-16(23)10-15-11-17(28-21(15)18)13-25-20(27)9-14-5-3-2-4-6-14/h5,7-8,10,12,17H,2-4,6,9,11,13H2,1H3,(H,25,27)/t17-/m0/s1. The molecule has 0 saturated heterocycles. The van der Waals surface area contributed by atoms with Gasteiger partial charge >= 0.3 is 0 Å². The fourth-order valence-electron chi connectivity index (χ4n) is 3.85. The van der Waals surface area contributed by atoms with Crippen molar-refractivity contribution in [3.05, 3.63) is 47.4 Å². The van der Waals surface area contributed by atoms with Gasteiger partial charge in [0.05, 0.1) is 12.2 Å². The number of allylic oxidation sites excluding steroid dienone is 1. The maximum Gasteiger partial charge on any atom is 0.224 e. The number of carbonyl (C=O) groups is 1. The van der Waals surface area contributed by atoms with E-state index >= 15 is 0 Å². The van der Waals surface area contributed by atoms with Crippen LogP contribution in [0.1, 0.15) is 37.7 Å². The van der Waals surface area contributed by atoms with E-state index in [-0.39, 0.29) is 17.8 Å². The second-order valence-electron chi connectivity index (χ2n) is 7.40. The van der Waals surface area contributed by atoms with E-state index in [1.807, 2.05) is 6.26 Å². The van der Waals surface area contributed by atoms with Crippen LogP contribution in [-0.2, 0) is 11.2 Å². The molecule has 7 heteroatoms. The SMILES string of the molecule is CSc1nccc(-c2cc(F)cc3c2O[C@H](CNC(=O)CC2=CCCCC2)C3)n1. The average molecular weight is 414 g/mol. The number of amides is 1. The first-order valence-electron chi connectivity index (χ1n) is 9.93. The third-order valence-corrected chi connectivity index (χ3v) is 5.82. The fourth-order valence-corrected chi connectivity index (χ4v) is 4.21. The number of nitrogens with one attached hydrogen (secondary N) is 1. The monoisotopic (exact) mass is 413 g/mol. The van der Waals surface area contributed by atoms with Gasteiger partial charge in [-0.25, -0.2) is 14.4 Å². The lowest BCUT2D eigenvalue weighted by molar-refractivity contribution is -0.120. The minimum absolute atomic E-state index is 0.0181. The number of carbonyl (C=O) groups excluding carboxylic acids is 1. The van der Waals surface area contributed by atoms with Gasteiger partial charge in [-0.1, -0.05) is 23.4 Å². The van der Waals surface area contributed by atoms with Crippen LogP contribution in [0.25, 0.3) is 11.3 Å². The van der Waals surface area contributed by atoms with E-state index in [0.717, 1.165) is 24.8 Å². The molecule has 1 aromatic carbocycles. The summed E-state index contributed by atoms with van der Waals surface area (Å²) in [7, 11) is 0. The first-order chi connectivity index (χ1) is 14.1. The van der Waals surface area contributed by atoms with Gasteiger partial charge in [0.25, 0.3) is 0 Å². The van der Waals surface area contributed by atoms with Gasteiger partial charge < -0.3 is 10.1 Å². The Morgan fingerprint density at radius 2 is 2.28 bits per heavy atom. The highest BCUT2D eigenvalue weighted by Crippen LogP contribution is 2.39. The first-order valence-corrected chi connectivity index (χ1v) is 11.2. The van der Waals surface area contributed by atoms with Gasteiger partial charge in [-0.2, -0.15) is 0 Å². The van der Waals surface area contributed by atoms with Crippen molar-refractivity contribution in [1.29, 1.82) is 0 Å². The van der Waals surface area contributed by atoms with Gasteiger partial charge in [-0.3, -0.25) is 4.79 Å². The summed E-state index contributed by atoms with van der Waals surface area (Å²) < 4.78 is 20.3. The van der Waals surface area contributed by atoms with Crippen molar-refractivity contribution in [3.63, 3.8) is 0 Å². The number of rotatable bonds is 6. The summed E-state index contributed by atoms with van der Waals surface area (Å²) in [6.45, 7) is 0.404. The molecule has 1 atom stereocenters. The third kappa shape index (κ3) is 4.78. The number of thioether (sulfide) groups is 1. The molecule has 5 nitrogen and oxygen atoms in total. The van der Waals surface area contributed by atoms with Crippen LogP contribution < -0.4 is 10.1 Å². The van der Waals surface area contributed by atoms with E-state index in [0.29, 0.717) is 41.5 Å². The second-order valence-corrected chi connectivity index (χ2v) is 8.18. The Morgan fingerprint density at radius 1 is 1.38 bits per heavy atom. The van der Waals surface area contributed by atoms with Crippen molar-refractivity contribution in [2.24, 2.45) is 0 Å². The summed E-state index contributed by atoms with van der Waals surface area (Å²) in [6, 6.07) is 4.71. The Balaban J connectivity index is 1.43. The first kappa shape index (κ1) is 19.9. The lowest BCUT2D eigenvalue weighted by atomic mass is 9.97. The predicted octanol–water partition coefficient (Wildman–Crippen LogP) is 4.31. The van der Waals surface area contributed by atoms with E-state index in [2.05, 4.69) is 21.4 Å². The summed E-state index contributed by atoms with van der Waals surface area (Å²) in [6.07, 6.45) is 11.0. The van der Waals surface area contributed by atoms with Gasteiger partial charge in [-0.15, -0.1) is 0 Å².